The van der Waals surface area contributed by atoms with E-state index in [2.05, 4.69) is 50.2 Å². The van der Waals surface area contributed by atoms with Crippen molar-refractivity contribution in [2.45, 2.75) is 46.2 Å². The molecule has 1 nitrogen and oxygen atoms in total. The van der Waals surface area contributed by atoms with Crippen LogP contribution in [-0.2, 0) is 6.54 Å². The van der Waals surface area contributed by atoms with Crippen LogP contribution in [0.2, 0.25) is 0 Å². The molecule has 0 heterocycles. The van der Waals surface area contributed by atoms with E-state index in [4.69, 9.17) is 6.42 Å². The molecule has 0 bridgehead atoms. The Kier molecular flexibility index (Phi) is 5.08. The molecule has 0 spiro atoms. The fourth-order valence-electron chi connectivity index (χ4n) is 1.95. The van der Waals surface area contributed by atoms with Crippen molar-refractivity contribution in [2.24, 2.45) is 0 Å². The fraction of sp³-hybridized carbons (Fsp3) is 0.467. The molecule has 0 fully saturated rings. The predicted molar refractivity (Wildman–Crippen MR) is 70.3 cm³/mol. The van der Waals surface area contributed by atoms with Gasteiger partial charge < -0.3 is 0 Å². The van der Waals surface area contributed by atoms with Gasteiger partial charge in [-0.15, -0.1) is 6.42 Å². The van der Waals surface area contributed by atoms with Crippen LogP contribution in [0.25, 0.3) is 0 Å². The van der Waals surface area contributed by atoms with Gasteiger partial charge in [0.15, 0.2) is 0 Å². The first-order valence-corrected chi connectivity index (χ1v) is 5.92. The molecule has 1 aromatic rings. The SMILES string of the molecule is C#CC(CCC)NCc1cc(C)cc(C)c1. The number of hydrogen-bond acceptors (Lipinski definition) is 1. The van der Waals surface area contributed by atoms with Crippen LogP contribution in [0.5, 0.6) is 0 Å². The van der Waals surface area contributed by atoms with Gasteiger partial charge in [-0.1, -0.05) is 48.6 Å². The summed E-state index contributed by atoms with van der Waals surface area (Å²) in [5, 5.41) is 3.40. The van der Waals surface area contributed by atoms with Gasteiger partial charge in [0.25, 0.3) is 0 Å². The van der Waals surface area contributed by atoms with Crippen molar-refractivity contribution >= 4 is 0 Å². The van der Waals surface area contributed by atoms with E-state index in [0.717, 1.165) is 19.4 Å². The maximum Gasteiger partial charge on any atom is 0.0689 e. The van der Waals surface area contributed by atoms with Crippen LogP contribution in [0.4, 0.5) is 0 Å². The topological polar surface area (TPSA) is 12.0 Å². The zero-order valence-electron chi connectivity index (χ0n) is 10.5. The molecule has 86 valence electrons. The summed E-state index contributed by atoms with van der Waals surface area (Å²) in [7, 11) is 0. The fourth-order valence-corrected chi connectivity index (χ4v) is 1.95. The first kappa shape index (κ1) is 12.8. The third kappa shape index (κ3) is 4.08. The largest absolute Gasteiger partial charge is 0.300 e. The lowest BCUT2D eigenvalue weighted by Crippen LogP contribution is -2.26. The average molecular weight is 215 g/mol. The third-order valence-corrected chi connectivity index (χ3v) is 2.61. The third-order valence-electron chi connectivity index (χ3n) is 2.61. The van der Waals surface area contributed by atoms with Crippen LogP contribution < -0.4 is 5.32 Å². The molecule has 1 atom stereocenters. The summed E-state index contributed by atoms with van der Waals surface area (Å²) in [5.74, 6) is 2.79. The van der Waals surface area contributed by atoms with E-state index < -0.39 is 0 Å². The summed E-state index contributed by atoms with van der Waals surface area (Å²) < 4.78 is 0. The van der Waals surface area contributed by atoms with Gasteiger partial charge in [-0.05, 0) is 25.8 Å². The molecule has 0 aliphatic carbocycles. The first-order valence-electron chi connectivity index (χ1n) is 5.92. The summed E-state index contributed by atoms with van der Waals surface area (Å²) in [5.41, 5.74) is 3.93. The summed E-state index contributed by atoms with van der Waals surface area (Å²) in [6, 6.07) is 6.80. The normalized spacial score (nSPS) is 12.1. The van der Waals surface area contributed by atoms with E-state index in [1.165, 1.54) is 16.7 Å². The van der Waals surface area contributed by atoms with Gasteiger partial charge in [-0.2, -0.15) is 0 Å². The minimum absolute atomic E-state index is 0.200. The van der Waals surface area contributed by atoms with Gasteiger partial charge in [-0.25, -0.2) is 0 Å². The Morgan fingerprint density at radius 1 is 1.25 bits per heavy atom. The zero-order valence-corrected chi connectivity index (χ0v) is 10.5. The van der Waals surface area contributed by atoms with Gasteiger partial charge in [0.1, 0.15) is 0 Å². The van der Waals surface area contributed by atoms with Gasteiger partial charge in [0.2, 0.25) is 0 Å². The minimum atomic E-state index is 0.200. The maximum atomic E-state index is 5.47. The van der Waals surface area contributed by atoms with Gasteiger partial charge in [0, 0.05) is 6.54 Å². The summed E-state index contributed by atoms with van der Waals surface area (Å²) in [6.07, 6.45) is 7.63. The molecule has 0 amide bonds. The lowest BCUT2D eigenvalue weighted by Gasteiger charge is -2.12. The highest BCUT2D eigenvalue weighted by Gasteiger charge is 2.03. The first-order chi connectivity index (χ1) is 7.65. The standard InChI is InChI=1S/C15H21N/c1-5-7-15(6-2)16-11-14-9-12(3)8-13(4)10-14/h2,8-10,15-16H,5,7,11H2,1,3-4H3. The van der Waals surface area contributed by atoms with E-state index >= 15 is 0 Å². The maximum absolute atomic E-state index is 5.47. The molecular formula is C15H21N. The predicted octanol–water partition coefficient (Wildman–Crippen LogP) is 3.19. The Morgan fingerprint density at radius 3 is 2.38 bits per heavy atom. The van der Waals surface area contributed by atoms with E-state index in [0.29, 0.717) is 0 Å². The van der Waals surface area contributed by atoms with Crippen LogP contribution in [0, 0.1) is 26.2 Å². The van der Waals surface area contributed by atoms with E-state index in [9.17, 15) is 0 Å². The second-order valence-electron chi connectivity index (χ2n) is 4.38. The number of terminal acetylenes is 1. The summed E-state index contributed by atoms with van der Waals surface area (Å²) >= 11 is 0. The molecule has 0 radical (unpaired) electrons. The van der Waals surface area contributed by atoms with Crippen molar-refractivity contribution in [1.82, 2.24) is 5.32 Å². The number of aryl methyl sites for hydroxylation is 2. The lowest BCUT2D eigenvalue weighted by molar-refractivity contribution is 0.563. The Hall–Kier alpha value is -1.26. The van der Waals surface area contributed by atoms with Crippen molar-refractivity contribution < 1.29 is 0 Å². The quantitative estimate of drug-likeness (QED) is 0.744. The van der Waals surface area contributed by atoms with Crippen LogP contribution in [0.15, 0.2) is 18.2 Å². The van der Waals surface area contributed by atoms with Crippen LogP contribution in [0.3, 0.4) is 0 Å². The summed E-state index contributed by atoms with van der Waals surface area (Å²) in [6.45, 7) is 7.27. The highest BCUT2D eigenvalue weighted by atomic mass is 14.9. The Morgan fingerprint density at radius 2 is 1.88 bits per heavy atom. The number of nitrogens with one attached hydrogen (secondary N) is 1. The second kappa shape index (κ2) is 6.35. The molecule has 1 aromatic carbocycles. The molecule has 0 aliphatic heterocycles. The van der Waals surface area contributed by atoms with Gasteiger partial charge in [0.05, 0.1) is 6.04 Å². The van der Waals surface area contributed by atoms with Crippen molar-refractivity contribution in [2.75, 3.05) is 0 Å². The molecule has 0 aromatic heterocycles. The van der Waals surface area contributed by atoms with Crippen molar-refractivity contribution in [3.05, 3.63) is 34.9 Å². The summed E-state index contributed by atoms with van der Waals surface area (Å²) in [4.78, 5) is 0. The molecule has 1 N–H and O–H groups in total. The average Bonchev–Trinajstić information content (AvgIpc) is 2.23. The molecule has 0 aliphatic rings. The zero-order chi connectivity index (χ0) is 12.0. The van der Waals surface area contributed by atoms with Crippen molar-refractivity contribution in [3.63, 3.8) is 0 Å². The van der Waals surface area contributed by atoms with Crippen molar-refractivity contribution in [3.8, 4) is 12.3 Å². The Balaban J connectivity index is 2.57. The number of benzene rings is 1. The van der Waals surface area contributed by atoms with Crippen LogP contribution in [0.1, 0.15) is 36.5 Å². The highest BCUT2D eigenvalue weighted by Crippen LogP contribution is 2.09. The monoisotopic (exact) mass is 215 g/mol. The van der Waals surface area contributed by atoms with E-state index in [-0.39, 0.29) is 6.04 Å². The molecule has 0 saturated heterocycles. The van der Waals surface area contributed by atoms with Crippen molar-refractivity contribution in [1.29, 1.82) is 0 Å². The molecule has 1 rings (SSSR count). The number of hydrogen-bond donors (Lipinski definition) is 1. The lowest BCUT2D eigenvalue weighted by atomic mass is 10.1. The highest BCUT2D eigenvalue weighted by molar-refractivity contribution is 5.28. The van der Waals surface area contributed by atoms with E-state index in [1.54, 1.807) is 0 Å². The minimum Gasteiger partial charge on any atom is -0.300 e. The van der Waals surface area contributed by atoms with Gasteiger partial charge in [-0.3, -0.25) is 5.32 Å². The van der Waals surface area contributed by atoms with Crippen LogP contribution in [-0.4, -0.2) is 6.04 Å². The smallest absolute Gasteiger partial charge is 0.0689 e. The molecule has 1 unspecified atom stereocenters. The molecule has 16 heavy (non-hydrogen) atoms. The van der Waals surface area contributed by atoms with E-state index in [1.807, 2.05) is 0 Å². The van der Waals surface area contributed by atoms with Crippen LogP contribution >= 0.6 is 0 Å². The Labute approximate surface area is 99.3 Å². The second-order valence-corrected chi connectivity index (χ2v) is 4.38. The van der Waals surface area contributed by atoms with Gasteiger partial charge >= 0.3 is 0 Å². The molecule has 1 heteroatoms. The molecule has 0 saturated carbocycles. The Bertz CT molecular complexity index is 353. The number of rotatable bonds is 5. The molecular weight excluding hydrogens is 194 g/mol.